The van der Waals surface area contributed by atoms with E-state index in [1.807, 2.05) is 0 Å². The number of carbonyl (C=O) groups is 1. The van der Waals surface area contributed by atoms with Crippen LogP contribution in [0, 0.1) is 0 Å². The molecule has 1 fully saturated rings. The highest BCUT2D eigenvalue weighted by molar-refractivity contribution is 7.89. The molecule has 0 aliphatic carbocycles. The minimum Gasteiger partial charge on any atom is -0.482 e. The lowest BCUT2D eigenvalue weighted by molar-refractivity contribution is -0.118. The van der Waals surface area contributed by atoms with Gasteiger partial charge >= 0.3 is 0 Å². The second kappa shape index (κ2) is 8.48. The third-order valence-corrected chi connectivity index (χ3v) is 6.83. The van der Waals surface area contributed by atoms with Crippen LogP contribution in [0.1, 0.15) is 12.8 Å². The number of hydrogen-bond donors (Lipinski definition) is 1. The van der Waals surface area contributed by atoms with E-state index in [9.17, 15) is 13.2 Å². The fourth-order valence-electron chi connectivity index (χ4n) is 2.72. The normalized spacial score (nSPS) is 14.9. The van der Waals surface area contributed by atoms with Gasteiger partial charge in [-0.15, -0.1) is 0 Å². The summed E-state index contributed by atoms with van der Waals surface area (Å²) in [5.41, 5.74) is 0.473. The maximum Gasteiger partial charge on any atom is 0.262 e. The number of carbonyl (C=O) groups excluding carboxylic acids is 1. The predicted molar refractivity (Wildman–Crippen MR) is 105 cm³/mol. The summed E-state index contributed by atoms with van der Waals surface area (Å²) in [5, 5.41) is 3.22. The van der Waals surface area contributed by atoms with Crippen LogP contribution in [-0.2, 0) is 14.8 Å². The van der Waals surface area contributed by atoms with E-state index >= 15 is 0 Å². The lowest BCUT2D eigenvalue weighted by Gasteiger charge is -2.15. The summed E-state index contributed by atoms with van der Waals surface area (Å²) < 4.78 is 31.8. The lowest BCUT2D eigenvalue weighted by atomic mass is 10.3. The number of halogens is 2. The molecule has 0 spiro atoms. The van der Waals surface area contributed by atoms with Crippen molar-refractivity contribution in [3.8, 4) is 5.75 Å². The number of nitrogens with zero attached hydrogens (tertiary/aromatic N) is 1. The molecule has 1 N–H and O–H groups in total. The van der Waals surface area contributed by atoms with Gasteiger partial charge in [-0.05, 0) is 49.2 Å². The zero-order valence-electron chi connectivity index (χ0n) is 14.3. The fourth-order valence-corrected chi connectivity index (χ4v) is 4.59. The number of benzene rings is 2. The molecule has 27 heavy (non-hydrogen) atoms. The molecule has 0 radical (unpaired) electrons. The van der Waals surface area contributed by atoms with Gasteiger partial charge in [0.2, 0.25) is 10.0 Å². The first-order chi connectivity index (χ1) is 12.9. The number of anilines is 1. The average molecular weight is 429 g/mol. The van der Waals surface area contributed by atoms with E-state index in [0.717, 1.165) is 12.8 Å². The number of hydrogen-bond acceptors (Lipinski definition) is 4. The van der Waals surface area contributed by atoms with Crippen LogP contribution < -0.4 is 10.1 Å². The topological polar surface area (TPSA) is 75.7 Å². The molecule has 1 aliphatic rings. The molecular formula is C18H18Cl2N2O4S. The highest BCUT2D eigenvalue weighted by atomic mass is 35.5. The van der Waals surface area contributed by atoms with Crippen LogP contribution in [0.2, 0.25) is 10.0 Å². The predicted octanol–water partition coefficient (Wildman–Crippen LogP) is 3.80. The van der Waals surface area contributed by atoms with Gasteiger partial charge in [0.05, 0.1) is 9.92 Å². The standard InChI is InChI=1S/C18H18Cl2N2O4S/c19-15-4-3-5-16(18(15)20)26-12-17(23)21-13-6-8-14(9-7-13)27(24,25)22-10-1-2-11-22/h3-9H,1-2,10-12H2,(H,21,23). The summed E-state index contributed by atoms with van der Waals surface area (Å²) in [6, 6.07) is 11.0. The summed E-state index contributed by atoms with van der Waals surface area (Å²) >= 11 is 11.9. The number of amides is 1. The van der Waals surface area contributed by atoms with Gasteiger partial charge in [-0.1, -0.05) is 29.3 Å². The molecule has 144 valence electrons. The molecule has 2 aromatic carbocycles. The van der Waals surface area contributed by atoms with E-state index in [4.69, 9.17) is 27.9 Å². The molecule has 0 atom stereocenters. The highest BCUT2D eigenvalue weighted by Gasteiger charge is 2.26. The molecular weight excluding hydrogens is 411 g/mol. The second-order valence-corrected chi connectivity index (χ2v) is 8.75. The van der Waals surface area contributed by atoms with E-state index in [1.165, 1.54) is 16.4 Å². The van der Waals surface area contributed by atoms with Gasteiger partial charge < -0.3 is 10.1 Å². The van der Waals surface area contributed by atoms with Crippen LogP contribution in [0.15, 0.2) is 47.4 Å². The van der Waals surface area contributed by atoms with Crippen LogP contribution in [0.3, 0.4) is 0 Å². The van der Waals surface area contributed by atoms with Gasteiger partial charge in [0.1, 0.15) is 10.8 Å². The number of ether oxygens (including phenoxy) is 1. The quantitative estimate of drug-likeness (QED) is 0.758. The lowest BCUT2D eigenvalue weighted by Crippen LogP contribution is -2.27. The summed E-state index contributed by atoms with van der Waals surface area (Å²) in [6.07, 6.45) is 1.76. The Morgan fingerprint density at radius 3 is 2.41 bits per heavy atom. The molecule has 2 aromatic rings. The SMILES string of the molecule is O=C(COc1cccc(Cl)c1Cl)Nc1ccc(S(=O)(=O)N2CCCC2)cc1. The molecule has 0 aromatic heterocycles. The van der Waals surface area contributed by atoms with E-state index in [0.29, 0.717) is 29.5 Å². The molecule has 0 unspecified atom stereocenters. The molecule has 3 rings (SSSR count). The summed E-state index contributed by atoms with van der Waals surface area (Å²) in [5.74, 6) is -0.0902. The van der Waals surface area contributed by atoms with Crippen molar-refractivity contribution < 1.29 is 17.9 Å². The zero-order valence-corrected chi connectivity index (χ0v) is 16.6. The summed E-state index contributed by atoms with van der Waals surface area (Å²) in [4.78, 5) is 12.2. The number of sulfonamides is 1. The van der Waals surface area contributed by atoms with Gasteiger partial charge in [0, 0.05) is 18.8 Å². The molecule has 1 amide bonds. The van der Waals surface area contributed by atoms with Crippen molar-refractivity contribution in [1.82, 2.24) is 4.31 Å². The van der Waals surface area contributed by atoms with Gasteiger partial charge in [-0.25, -0.2) is 8.42 Å². The molecule has 1 saturated heterocycles. The van der Waals surface area contributed by atoms with Crippen molar-refractivity contribution in [2.24, 2.45) is 0 Å². The van der Waals surface area contributed by atoms with Gasteiger partial charge in [0.15, 0.2) is 6.61 Å². The maximum absolute atomic E-state index is 12.5. The van der Waals surface area contributed by atoms with E-state index in [2.05, 4.69) is 5.32 Å². The number of nitrogens with one attached hydrogen (secondary N) is 1. The summed E-state index contributed by atoms with van der Waals surface area (Å²) in [6.45, 7) is 0.836. The van der Waals surface area contributed by atoms with Crippen molar-refractivity contribution in [2.75, 3.05) is 25.0 Å². The van der Waals surface area contributed by atoms with Crippen molar-refractivity contribution in [2.45, 2.75) is 17.7 Å². The molecule has 9 heteroatoms. The fraction of sp³-hybridized carbons (Fsp3) is 0.278. The molecule has 1 aliphatic heterocycles. The molecule has 1 heterocycles. The van der Waals surface area contributed by atoms with Crippen LogP contribution in [0.5, 0.6) is 5.75 Å². The summed E-state index contributed by atoms with van der Waals surface area (Å²) in [7, 11) is -3.47. The largest absolute Gasteiger partial charge is 0.482 e. The van der Waals surface area contributed by atoms with Crippen molar-refractivity contribution in [3.63, 3.8) is 0 Å². The minimum atomic E-state index is -3.47. The molecule has 0 saturated carbocycles. The second-order valence-electron chi connectivity index (χ2n) is 6.02. The Kier molecular flexibility index (Phi) is 6.26. The third kappa shape index (κ3) is 4.73. The van der Waals surface area contributed by atoms with Gasteiger partial charge in [0.25, 0.3) is 5.91 Å². The first-order valence-electron chi connectivity index (χ1n) is 8.35. The van der Waals surface area contributed by atoms with E-state index < -0.39 is 15.9 Å². The average Bonchev–Trinajstić information content (AvgIpc) is 3.19. The smallest absolute Gasteiger partial charge is 0.262 e. The van der Waals surface area contributed by atoms with Crippen LogP contribution in [-0.4, -0.2) is 38.3 Å². The van der Waals surface area contributed by atoms with Crippen LogP contribution in [0.25, 0.3) is 0 Å². The van der Waals surface area contributed by atoms with Crippen molar-refractivity contribution in [3.05, 3.63) is 52.5 Å². The monoisotopic (exact) mass is 428 g/mol. The Labute approximate surface area is 168 Å². The molecule has 6 nitrogen and oxygen atoms in total. The third-order valence-electron chi connectivity index (χ3n) is 4.12. The Morgan fingerprint density at radius 2 is 1.74 bits per heavy atom. The number of rotatable bonds is 6. The van der Waals surface area contributed by atoms with Crippen LogP contribution in [0.4, 0.5) is 5.69 Å². The first-order valence-corrected chi connectivity index (χ1v) is 10.5. The maximum atomic E-state index is 12.5. The Bertz CT molecular complexity index is 927. The first kappa shape index (κ1) is 19.9. The molecule has 0 bridgehead atoms. The Morgan fingerprint density at radius 1 is 1.07 bits per heavy atom. The minimum absolute atomic E-state index is 0.212. The Hall–Kier alpha value is -1.80. The van der Waals surface area contributed by atoms with Crippen molar-refractivity contribution in [1.29, 1.82) is 0 Å². The van der Waals surface area contributed by atoms with Gasteiger partial charge in [-0.2, -0.15) is 4.31 Å². The van der Waals surface area contributed by atoms with E-state index in [1.54, 1.807) is 30.3 Å². The van der Waals surface area contributed by atoms with Gasteiger partial charge in [-0.3, -0.25) is 4.79 Å². The highest BCUT2D eigenvalue weighted by Crippen LogP contribution is 2.31. The zero-order chi connectivity index (χ0) is 19.4. The van der Waals surface area contributed by atoms with Crippen molar-refractivity contribution >= 4 is 44.8 Å². The van der Waals surface area contributed by atoms with Crippen LogP contribution >= 0.6 is 23.2 Å². The van der Waals surface area contributed by atoms with E-state index in [-0.39, 0.29) is 16.5 Å². The Balaban J connectivity index is 1.59.